The first kappa shape index (κ1) is 30.5. The minimum atomic E-state index is -0.237. The van der Waals surface area contributed by atoms with Gasteiger partial charge in [0.25, 0.3) is 11.8 Å². The van der Waals surface area contributed by atoms with E-state index in [2.05, 4.69) is 48.7 Å². The zero-order valence-electron chi connectivity index (χ0n) is 26.8. The molecule has 6 nitrogen and oxygen atoms in total. The molecule has 0 atom stereocenters. The van der Waals surface area contributed by atoms with Gasteiger partial charge in [0.1, 0.15) is 0 Å². The number of amides is 2. The average molecular weight is 627 g/mol. The van der Waals surface area contributed by atoms with Crippen molar-refractivity contribution in [3.05, 3.63) is 156 Å². The molecule has 6 heteroatoms. The highest BCUT2D eigenvalue weighted by atomic mass is 16.2. The van der Waals surface area contributed by atoms with Crippen molar-refractivity contribution in [1.82, 2.24) is 9.97 Å². The topological polar surface area (TPSA) is 84.0 Å². The number of anilines is 2. The first-order valence-corrected chi connectivity index (χ1v) is 16.2. The summed E-state index contributed by atoms with van der Waals surface area (Å²) in [6.07, 6.45) is 1.91. The molecule has 2 amide bonds. The Balaban J connectivity index is 1.12. The number of carbonyl (C=O) groups excluding carboxylic acids is 2. The fourth-order valence-corrected chi connectivity index (χ4v) is 5.88. The fourth-order valence-electron chi connectivity index (χ4n) is 5.88. The molecule has 0 radical (unpaired) electrons. The molecular formula is C42H34N4O2. The summed E-state index contributed by atoms with van der Waals surface area (Å²) in [4.78, 5) is 37.0. The molecule has 0 aliphatic heterocycles. The standard InChI is InChI=1S/C42H34N4O2/c1-3-27-13-17-29(18-14-27)39-25-35(33-9-5-7-11-37(33)45-39)41(47)43-31-21-23-32(24-22-31)44-42(48)36-26-40(30-19-15-28(4-2)16-20-30)46-38-12-8-6-10-34(36)38/h5-26H,3-4H2,1-2H3,(H,43,47)(H,44,48). The van der Waals surface area contributed by atoms with Crippen LogP contribution in [0.25, 0.3) is 44.3 Å². The molecule has 234 valence electrons. The Kier molecular flexibility index (Phi) is 8.46. The molecule has 2 heterocycles. The fraction of sp³-hybridized carbons (Fsp3) is 0.0952. The number of carbonyl (C=O) groups is 2. The van der Waals surface area contributed by atoms with Crippen LogP contribution in [-0.2, 0) is 12.8 Å². The lowest BCUT2D eigenvalue weighted by Crippen LogP contribution is -2.14. The lowest BCUT2D eigenvalue weighted by Gasteiger charge is -2.13. The SMILES string of the molecule is CCc1ccc(-c2cc(C(=O)Nc3ccc(NC(=O)c4cc(-c5ccc(CC)cc5)nc5ccccc45)cc3)c3ccccc3n2)cc1. The number of para-hydroxylation sites is 2. The summed E-state index contributed by atoms with van der Waals surface area (Å²) >= 11 is 0. The molecule has 2 N–H and O–H groups in total. The lowest BCUT2D eigenvalue weighted by molar-refractivity contribution is 0.102. The quantitative estimate of drug-likeness (QED) is 0.176. The van der Waals surface area contributed by atoms with Crippen LogP contribution in [0.5, 0.6) is 0 Å². The summed E-state index contributed by atoms with van der Waals surface area (Å²) in [6.45, 7) is 4.25. The summed E-state index contributed by atoms with van der Waals surface area (Å²) in [6, 6.07) is 42.7. The number of nitrogens with one attached hydrogen (secondary N) is 2. The van der Waals surface area contributed by atoms with Gasteiger partial charge in [-0.25, -0.2) is 9.97 Å². The summed E-state index contributed by atoms with van der Waals surface area (Å²) < 4.78 is 0. The number of rotatable bonds is 8. The normalized spacial score (nSPS) is 11.0. The van der Waals surface area contributed by atoms with Crippen molar-refractivity contribution in [2.75, 3.05) is 10.6 Å². The number of hydrogen-bond donors (Lipinski definition) is 2. The van der Waals surface area contributed by atoms with E-state index in [4.69, 9.17) is 9.97 Å². The van der Waals surface area contributed by atoms with Gasteiger partial charge in [-0.1, -0.05) is 98.8 Å². The number of aryl methyl sites for hydroxylation is 2. The largest absolute Gasteiger partial charge is 0.322 e. The maximum Gasteiger partial charge on any atom is 0.256 e. The van der Waals surface area contributed by atoms with Gasteiger partial charge in [0.05, 0.1) is 33.5 Å². The van der Waals surface area contributed by atoms with Gasteiger partial charge in [0.2, 0.25) is 0 Å². The highest BCUT2D eigenvalue weighted by molar-refractivity contribution is 6.14. The smallest absolute Gasteiger partial charge is 0.256 e. The molecule has 0 unspecified atom stereocenters. The van der Waals surface area contributed by atoms with E-state index < -0.39 is 0 Å². The Bertz CT molecular complexity index is 2110. The van der Waals surface area contributed by atoms with Crippen LogP contribution >= 0.6 is 0 Å². The molecule has 0 saturated heterocycles. The van der Waals surface area contributed by atoms with Gasteiger partial charge in [-0.3, -0.25) is 9.59 Å². The summed E-state index contributed by atoms with van der Waals surface area (Å²) in [7, 11) is 0. The van der Waals surface area contributed by atoms with E-state index >= 15 is 0 Å². The molecule has 0 aliphatic rings. The molecule has 0 spiro atoms. The van der Waals surface area contributed by atoms with Gasteiger partial charge in [-0.15, -0.1) is 0 Å². The van der Waals surface area contributed by atoms with Crippen molar-refractivity contribution in [1.29, 1.82) is 0 Å². The number of fused-ring (bicyclic) bond motifs is 2. The molecule has 0 bridgehead atoms. The maximum atomic E-state index is 13.7. The molecular weight excluding hydrogens is 592 g/mol. The van der Waals surface area contributed by atoms with Crippen molar-refractivity contribution >= 4 is 45.0 Å². The van der Waals surface area contributed by atoms with Gasteiger partial charge in [-0.2, -0.15) is 0 Å². The predicted molar refractivity (Wildman–Crippen MR) is 195 cm³/mol. The van der Waals surface area contributed by atoms with Crippen molar-refractivity contribution in [3.63, 3.8) is 0 Å². The van der Waals surface area contributed by atoms with Crippen LogP contribution in [0.1, 0.15) is 45.7 Å². The van der Waals surface area contributed by atoms with Crippen LogP contribution < -0.4 is 10.6 Å². The molecule has 0 saturated carbocycles. The third-order valence-electron chi connectivity index (χ3n) is 8.64. The Morgan fingerprint density at radius 1 is 0.500 bits per heavy atom. The van der Waals surface area contributed by atoms with Crippen molar-refractivity contribution < 1.29 is 9.59 Å². The molecule has 7 aromatic rings. The van der Waals surface area contributed by atoms with Gasteiger partial charge < -0.3 is 10.6 Å². The number of nitrogens with zero attached hydrogens (tertiary/aromatic N) is 2. The molecule has 0 fully saturated rings. The van der Waals surface area contributed by atoms with Crippen LogP contribution in [0.4, 0.5) is 11.4 Å². The van der Waals surface area contributed by atoms with Gasteiger partial charge >= 0.3 is 0 Å². The van der Waals surface area contributed by atoms with Crippen molar-refractivity contribution in [3.8, 4) is 22.5 Å². The minimum Gasteiger partial charge on any atom is -0.322 e. The maximum absolute atomic E-state index is 13.7. The second kappa shape index (κ2) is 13.3. The van der Waals surface area contributed by atoms with E-state index in [9.17, 15) is 9.59 Å². The molecule has 2 aromatic heterocycles. The molecule has 0 aliphatic carbocycles. The third-order valence-corrected chi connectivity index (χ3v) is 8.64. The summed E-state index contributed by atoms with van der Waals surface area (Å²) in [5.41, 5.74) is 9.68. The van der Waals surface area contributed by atoms with Crippen LogP contribution in [0.3, 0.4) is 0 Å². The number of hydrogen-bond acceptors (Lipinski definition) is 4. The Morgan fingerprint density at radius 2 is 0.875 bits per heavy atom. The highest BCUT2D eigenvalue weighted by Crippen LogP contribution is 2.28. The molecule has 48 heavy (non-hydrogen) atoms. The zero-order chi connectivity index (χ0) is 33.0. The lowest BCUT2D eigenvalue weighted by atomic mass is 10.0. The van der Waals surface area contributed by atoms with E-state index in [1.54, 1.807) is 24.3 Å². The number of pyridine rings is 2. The van der Waals surface area contributed by atoms with E-state index in [0.29, 0.717) is 22.5 Å². The first-order chi connectivity index (χ1) is 23.5. The predicted octanol–water partition coefficient (Wildman–Crippen LogP) is 9.75. The van der Waals surface area contributed by atoms with Gasteiger partial charge in [-0.05, 0) is 72.5 Å². The van der Waals surface area contributed by atoms with Crippen LogP contribution in [0.2, 0.25) is 0 Å². The van der Waals surface area contributed by atoms with Crippen LogP contribution in [0.15, 0.2) is 133 Å². The molecule has 5 aromatic carbocycles. The van der Waals surface area contributed by atoms with Gasteiger partial charge in [0.15, 0.2) is 0 Å². The second-order valence-corrected chi connectivity index (χ2v) is 11.7. The van der Waals surface area contributed by atoms with Crippen LogP contribution in [0, 0.1) is 0 Å². The Morgan fingerprint density at radius 3 is 1.25 bits per heavy atom. The van der Waals surface area contributed by atoms with Crippen molar-refractivity contribution in [2.24, 2.45) is 0 Å². The van der Waals surface area contributed by atoms with E-state index in [1.807, 2.05) is 84.9 Å². The Hall–Kier alpha value is -6.14. The number of aromatic nitrogens is 2. The molecule has 7 rings (SSSR count). The minimum absolute atomic E-state index is 0.237. The second-order valence-electron chi connectivity index (χ2n) is 11.7. The first-order valence-electron chi connectivity index (χ1n) is 16.2. The highest BCUT2D eigenvalue weighted by Gasteiger charge is 2.17. The monoisotopic (exact) mass is 626 g/mol. The van der Waals surface area contributed by atoms with E-state index in [1.165, 1.54) is 11.1 Å². The third kappa shape index (κ3) is 6.29. The summed E-state index contributed by atoms with van der Waals surface area (Å²) in [5.74, 6) is -0.473. The van der Waals surface area contributed by atoms with Gasteiger partial charge in [0, 0.05) is 33.3 Å². The zero-order valence-corrected chi connectivity index (χ0v) is 26.8. The van der Waals surface area contributed by atoms with Crippen molar-refractivity contribution in [2.45, 2.75) is 26.7 Å². The van der Waals surface area contributed by atoms with Crippen LogP contribution in [-0.4, -0.2) is 21.8 Å². The summed E-state index contributed by atoms with van der Waals surface area (Å²) in [5, 5.41) is 7.61. The number of benzene rings is 5. The van der Waals surface area contributed by atoms with E-state index in [0.717, 1.165) is 57.2 Å². The van der Waals surface area contributed by atoms with E-state index in [-0.39, 0.29) is 11.8 Å². The Labute approximate surface area is 279 Å². The average Bonchev–Trinajstić information content (AvgIpc) is 3.14.